The Kier molecular flexibility index (Phi) is 4.53. The molecule has 0 bridgehead atoms. The fraction of sp³-hybridized carbons (Fsp3) is 0.600. The van der Waals surface area contributed by atoms with E-state index < -0.39 is 12.6 Å². The number of hydrogen-bond acceptors (Lipinski definition) is 4. The van der Waals surface area contributed by atoms with Crippen LogP contribution in [0, 0.1) is 6.92 Å². The molecule has 0 aliphatic heterocycles. The van der Waals surface area contributed by atoms with Crippen LogP contribution in [-0.2, 0) is 0 Å². The van der Waals surface area contributed by atoms with E-state index in [4.69, 9.17) is 4.74 Å². The molecule has 0 aliphatic rings. The third-order valence-electron chi connectivity index (χ3n) is 2.16. The first-order chi connectivity index (χ1) is 7.94. The summed E-state index contributed by atoms with van der Waals surface area (Å²) in [5.74, 6) is 0.914. The van der Waals surface area contributed by atoms with Crippen LogP contribution in [0.15, 0.2) is 6.33 Å². The van der Waals surface area contributed by atoms with E-state index in [9.17, 15) is 13.2 Å². The number of hydrogen-bond donors (Lipinski definition) is 1. The van der Waals surface area contributed by atoms with Gasteiger partial charge in [-0.15, -0.1) is 0 Å². The number of nitrogens with one attached hydrogen (secondary N) is 1. The van der Waals surface area contributed by atoms with E-state index in [1.165, 1.54) is 13.4 Å². The van der Waals surface area contributed by atoms with Gasteiger partial charge in [0.15, 0.2) is 0 Å². The molecule has 4 nitrogen and oxygen atoms in total. The summed E-state index contributed by atoms with van der Waals surface area (Å²) in [6.45, 7) is 1.95. The first-order valence-corrected chi connectivity index (χ1v) is 5.10. The van der Waals surface area contributed by atoms with Crippen LogP contribution < -0.4 is 10.1 Å². The molecule has 0 unspecified atom stereocenters. The molecule has 1 heterocycles. The number of halogens is 3. The molecular formula is C10H14F3N3O. The highest BCUT2D eigenvalue weighted by Crippen LogP contribution is 2.22. The van der Waals surface area contributed by atoms with E-state index in [1.54, 1.807) is 6.92 Å². The lowest BCUT2D eigenvalue weighted by molar-refractivity contribution is -0.134. The first kappa shape index (κ1) is 13.5. The maximum atomic E-state index is 11.9. The van der Waals surface area contributed by atoms with Crippen LogP contribution in [-0.4, -0.2) is 29.8 Å². The molecule has 0 radical (unpaired) electrons. The van der Waals surface area contributed by atoms with Crippen LogP contribution >= 0.6 is 0 Å². The summed E-state index contributed by atoms with van der Waals surface area (Å²) in [6, 6.07) is 0. The largest absolute Gasteiger partial charge is 0.481 e. The second-order valence-corrected chi connectivity index (χ2v) is 3.50. The van der Waals surface area contributed by atoms with E-state index in [-0.39, 0.29) is 13.0 Å². The third-order valence-corrected chi connectivity index (χ3v) is 2.16. The standard InChI is InChI=1S/C10H14F3N3O/c1-7-8(15-6-16-9(7)17-2)14-5-3-4-10(11,12)13/h6H,3-5H2,1-2H3,(H,14,15,16). The molecule has 0 aliphatic carbocycles. The molecule has 1 rings (SSSR count). The quantitative estimate of drug-likeness (QED) is 0.815. The van der Waals surface area contributed by atoms with Crippen molar-refractivity contribution in [3.8, 4) is 5.88 Å². The predicted octanol–water partition coefficient (Wildman–Crippen LogP) is 2.55. The lowest BCUT2D eigenvalue weighted by Crippen LogP contribution is -2.12. The highest BCUT2D eigenvalue weighted by atomic mass is 19.4. The molecule has 0 atom stereocenters. The Morgan fingerprint density at radius 3 is 2.65 bits per heavy atom. The van der Waals surface area contributed by atoms with Gasteiger partial charge >= 0.3 is 6.18 Å². The molecule has 1 aromatic rings. The topological polar surface area (TPSA) is 47.0 Å². The van der Waals surface area contributed by atoms with Gasteiger partial charge in [0.25, 0.3) is 0 Å². The molecule has 0 spiro atoms. The van der Waals surface area contributed by atoms with Gasteiger partial charge < -0.3 is 10.1 Å². The molecule has 1 aromatic heterocycles. The van der Waals surface area contributed by atoms with Gasteiger partial charge in [-0.2, -0.15) is 13.2 Å². The zero-order valence-electron chi connectivity index (χ0n) is 9.64. The van der Waals surface area contributed by atoms with Crippen molar-refractivity contribution in [2.24, 2.45) is 0 Å². The van der Waals surface area contributed by atoms with Crippen molar-refractivity contribution in [3.63, 3.8) is 0 Å². The van der Waals surface area contributed by atoms with Gasteiger partial charge in [-0.3, -0.25) is 0 Å². The van der Waals surface area contributed by atoms with E-state index in [0.29, 0.717) is 17.3 Å². The number of anilines is 1. The van der Waals surface area contributed by atoms with E-state index >= 15 is 0 Å². The molecule has 0 saturated heterocycles. The van der Waals surface area contributed by atoms with Gasteiger partial charge in [-0.05, 0) is 13.3 Å². The van der Waals surface area contributed by atoms with Crippen molar-refractivity contribution in [1.82, 2.24) is 9.97 Å². The Labute approximate surface area is 97.2 Å². The smallest absolute Gasteiger partial charge is 0.389 e. The summed E-state index contributed by atoms with van der Waals surface area (Å²) in [4.78, 5) is 7.81. The third kappa shape index (κ3) is 4.46. The monoisotopic (exact) mass is 249 g/mol. The van der Waals surface area contributed by atoms with Crippen LogP contribution in [0.5, 0.6) is 5.88 Å². The molecule has 0 amide bonds. The maximum absolute atomic E-state index is 11.9. The number of aromatic nitrogens is 2. The normalized spacial score (nSPS) is 11.4. The van der Waals surface area contributed by atoms with Gasteiger partial charge in [-0.25, -0.2) is 9.97 Å². The lowest BCUT2D eigenvalue weighted by atomic mass is 10.3. The first-order valence-electron chi connectivity index (χ1n) is 5.10. The second-order valence-electron chi connectivity index (χ2n) is 3.50. The van der Waals surface area contributed by atoms with Gasteiger partial charge in [0.2, 0.25) is 5.88 Å². The zero-order chi connectivity index (χ0) is 12.9. The molecule has 1 N–H and O–H groups in total. The van der Waals surface area contributed by atoms with Crippen molar-refractivity contribution >= 4 is 5.82 Å². The Hall–Kier alpha value is -1.53. The lowest BCUT2D eigenvalue weighted by Gasteiger charge is -2.11. The van der Waals surface area contributed by atoms with Crippen molar-refractivity contribution in [2.75, 3.05) is 19.0 Å². The average Bonchev–Trinajstić information content (AvgIpc) is 2.25. The molecule has 17 heavy (non-hydrogen) atoms. The summed E-state index contributed by atoms with van der Waals surface area (Å²) in [5.41, 5.74) is 0.682. The summed E-state index contributed by atoms with van der Waals surface area (Å²) in [7, 11) is 1.47. The Morgan fingerprint density at radius 1 is 1.35 bits per heavy atom. The van der Waals surface area contributed by atoms with Crippen LogP contribution in [0.4, 0.5) is 19.0 Å². The van der Waals surface area contributed by atoms with Crippen molar-refractivity contribution in [3.05, 3.63) is 11.9 Å². The Morgan fingerprint density at radius 2 is 2.06 bits per heavy atom. The number of alkyl halides is 3. The van der Waals surface area contributed by atoms with Crippen LogP contribution in [0.25, 0.3) is 0 Å². The average molecular weight is 249 g/mol. The van der Waals surface area contributed by atoms with Gasteiger partial charge in [0, 0.05) is 13.0 Å². The summed E-state index contributed by atoms with van der Waals surface area (Å²) in [6.07, 6.45) is -3.60. The molecule has 96 valence electrons. The van der Waals surface area contributed by atoms with Crippen molar-refractivity contribution < 1.29 is 17.9 Å². The van der Waals surface area contributed by atoms with Gasteiger partial charge in [0.1, 0.15) is 12.1 Å². The maximum Gasteiger partial charge on any atom is 0.389 e. The van der Waals surface area contributed by atoms with Crippen LogP contribution in [0.3, 0.4) is 0 Å². The highest BCUT2D eigenvalue weighted by Gasteiger charge is 2.25. The SMILES string of the molecule is COc1ncnc(NCCCC(F)(F)F)c1C. The number of rotatable bonds is 5. The fourth-order valence-electron chi connectivity index (χ4n) is 1.31. The van der Waals surface area contributed by atoms with Crippen LogP contribution in [0.2, 0.25) is 0 Å². The van der Waals surface area contributed by atoms with Gasteiger partial charge in [0.05, 0.1) is 12.7 Å². The van der Waals surface area contributed by atoms with Gasteiger partial charge in [-0.1, -0.05) is 0 Å². The second kappa shape index (κ2) is 5.70. The molecule has 0 saturated carbocycles. The summed E-state index contributed by atoms with van der Waals surface area (Å²) in [5, 5.41) is 2.83. The van der Waals surface area contributed by atoms with Crippen molar-refractivity contribution in [1.29, 1.82) is 0 Å². The summed E-state index contributed by atoms with van der Waals surface area (Å²) >= 11 is 0. The number of methoxy groups -OCH3 is 1. The highest BCUT2D eigenvalue weighted by molar-refractivity contribution is 5.47. The Bertz CT molecular complexity index is 368. The minimum Gasteiger partial charge on any atom is -0.481 e. The van der Waals surface area contributed by atoms with E-state index in [0.717, 1.165) is 0 Å². The Balaban J connectivity index is 2.47. The summed E-state index contributed by atoms with van der Waals surface area (Å²) < 4.78 is 40.7. The minimum absolute atomic E-state index is 0.00918. The molecular weight excluding hydrogens is 235 g/mol. The number of nitrogens with zero attached hydrogens (tertiary/aromatic N) is 2. The van der Waals surface area contributed by atoms with Crippen LogP contribution in [0.1, 0.15) is 18.4 Å². The fourth-order valence-corrected chi connectivity index (χ4v) is 1.31. The van der Waals surface area contributed by atoms with E-state index in [1.807, 2.05) is 0 Å². The molecule has 7 heteroatoms. The minimum atomic E-state index is -4.11. The predicted molar refractivity (Wildman–Crippen MR) is 57.1 cm³/mol. The van der Waals surface area contributed by atoms with Crippen molar-refractivity contribution in [2.45, 2.75) is 25.9 Å². The molecule has 0 aromatic carbocycles. The molecule has 0 fully saturated rings. The zero-order valence-corrected chi connectivity index (χ0v) is 9.64. The van der Waals surface area contributed by atoms with E-state index in [2.05, 4.69) is 15.3 Å². The number of ether oxygens (including phenoxy) is 1.